The van der Waals surface area contributed by atoms with Gasteiger partial charge in [-0.05, 0) is 38.5 Å². The zero-order chi connectivity index (χ0) is 18.0. The quantitative estimate of drug-likeness (QED) is 0.822. The van der Waals surface area contributed by atoms with Crippen molar-refractivity contribution in [2.75, 3.05) is 6.79 Å². The highest BCUT2D eigenvalue weighted by molar-refractivity contribution is 7.13. The van der Waals surface area contributed by atoms with Crippen LogP contribution >= 0.6 is 11.3 Å². The molecule has 0 radical (unpaired) electrons. The van der Waals surface area contributed by atoms with Crippen LogP contribution in [0, 0.1) is 13.8 Å². The minimum Gasteiger partial charge on any atom is -0.454 e. The molecule has 0 unspecified atom stereocenters. The molecular weight excluding hydrogens is 344 g/mol. The molecule has 1 aliphatic heterocycles. The molecule has 1 amide bonds. The van der Waals surface area contributed by atoms with Gasteiger partial charge in [0.15, 0.2) is 17.6 Å². The van der Waals surface area contributed by atoms with Crippen molar-refractivity contribution in [2.45, 2.75) is 33.4 Å². The van der Waals surface area contributed by atoms with Gasteiger partial charge in [0.25, 0.3) is 5.91 Å². The largest absolute Gasteiger partial charge is 0.454 e. The summed E-state index contributed by atoms with van der Waals surface area (Å²) in [4.78, 5) is 28.9. The normalized spacial score (nSPS) is 13.4. The number of carbonyl (C=O) groups is 2. The molecular formula is C17H18N2O5S. The lowest BCUT2D eigenvalue weighted by Crippen LogP contribution is -2.35. The van der Waals surface area contributed by atoms with Gasteiger partial charge < -0.3 is 19.5 Å². The Balaban J connectivity index is 1.54. The van der Waals surface area contributed by atoms with E-state index in [-0.39, 0.29) is 12.7 Å². The Morgan fingerprint density at radius 1 is 1.32 bits per heavy atom. The highest BCUT2D eigenvalue weighted by Crippen LogP contribution is 2.32. The number of hydrogen-bond donors (Lipinski definition) is 1. The number of benzene rings is 1. The van der Waals surface area contributed by atoms with Crippen LogP contribution in [0.15, 0.2) is 18.2 Å². The average molecular weight is 362 g/mol. The molecule has 0 aliphatic carbocycles. The van der Waals surface area contributed by atoms with E-state index in [1.54, 1.807) is 13.0 Å². The minimum absolute atomic E-state index is 0.203. The smallest absolute Gasteiger partial charge is 0.351 e. The average Bonchev–Trinajstić information content (AvgIpc) is 3.17. The second-order valence-electron chi connectivity index (χ2n) is 5.60. The number of hydrogen-bond acceptors (Lipinski definition) is 7. The number of esters is 1. The number of rotatable bonds is 5. The van der Waals surface area contributed by atoms with Crippen molar-refractivity contribution >= 4 is 23.2 Å². The predicted molar refractivity (Wildman–Crippen MR) is 90.9 cm³/mol. The fraction of sp³-hybridized carbons (Fsp3) is 0.353. The van der Waals surface area contributed by atoms with E-state index in [9.17, 15) is 9.59 Å². The Bertz CT molecular complexity index is 817. The second kappa shape index (κ2) is 7.10. The summed E-state index contributed by atoms with van der Waals surface area (Å²) in [7, 11) is 0. The summed E-state index contributed by atoms with van der Waals surface area (Å²) in [6.07, 6.45) is -0.900. The van der Waals surface area contributed by atoms with E-state index in [2.05, 4.69) is 10.3 Å². The number of thiazole rings is 1. The van der Waals surface area contributed by atoms with E-state index >= 15 is 0 Å². The van der Waals surface area contributed by atoms with Gasteiger partial charge in [0, 0.05) is 6.54 Å². The fourth-order valence-electron chi connectivity index (χ4n) is 2.37. The molecule has 2 aromatic rings. The molecule has 0 spiro atoms. The lowest BCUT2D eigenvalue weighted by atomic mass is 10.2. The van der Waals surface area contributed by atoms with Crippen LogP contribution in [0.3, 0.4) is 0 Å². The zero-order valence-electron chi connectivity index (χ0n) is 14.1. The Labute approximate surface area is 148 Å². The first kappa shape index (κ1) is 17.2. The maximum Gasteiger partial charge on any atom is 0.351 e. The van der Waals surface area contributed by atoms with Gasteiger partial charge in [0.2, 0.25) is 6.79 Å². The monoisotopic (exact) mass is 362 g/mol. The summed E-state index contributed by atoms with van der Waals surface area (Å²) < 4.78 is 15.8. The molecule has 1 aliphatic rings. The highest BCUT2D eigenvalue weighted by atomic mass is 32.1. The van der Waals surface area contributed by atoms with E-state index in [0.29, 0.717) is 28.6 Å². The molecule has 0 bridgehead atoms. The number of aryl methyl sites for hydroxylation is 2. The number of aromatic nitrogens is 1. The first-order chi connectivity index (χ1) is 11.9. The molecule has 1 N–H and O–H groups in total. The van der Waals surface area contributed by atoms with Crippen molar-refractivity contribution in [1.29, 1.82) is 0 Å². The zero-order valence-corrected chi connectivity index (χ0v) is 14.9. The topological polar surface area (TPSA) is 86.8 Å². The van der Waals surface area contributed by atoms with Crippen molar-refractivity contribution in [3.63, 3.8) is 0 Å². The van der Waals surface area contributed by atoms with Crippen molar-refractivity contribution in [2.24, 2.45) is 0 Å². The van der Waals surface area contributed by atoms with Gasteiger partial charge in [0.05, 0.1) is 10.7 Å². The Morgan fingerprint density at radius 2 is 2.08 bits per heavy atom. The molecule has 1 atom stereocenters. The third-order valence-corrected chi connectivity index (χ3v) is 4.70. The number of fused-ring (bicyclic) bond motifs is 1. The molecule has 25 heavy (non-hydrogen) atoms. The van der Waals surface area contributed by atoms with Crippen LogP contribution in [0.4, 0.5) is 0 Å². The molecule has 1 aromatic heterocycles. The number of nitrogens with one attached hydrogen (secondary N) is 1. The Kier molecular flexibility index (Phi) is 4.89. The van der Waals surface area contributed by atoms with Gasteiger partial charge in [0.1, 0.15) is 4.88 Å². The van der Waals surface area contributed by atoms with Crippen LogP contribution in [-0.4, -0.2) is 29.8 Å². The molecule has 7 nitrogen and oxygen atoms in total. The van der Waals surface area contributed by atoms with Crippen LogP contribution in [0.2, 0.25) is 0 Å². The van der Waals surface area contributed by atoms with Gasteiger partial charge in [-0.2, -0.15) is 0 Å². The summed E-state index contributed by atoms with van der Waals surface area (Å²) in [5, 5.41) is 3.52. The summed E-state index contributed by atoms with van der Waals surface area (Å²) >= 11 is 1.25. The van der Waals surface area contributed by atoms with Gasteiger partial charge in [-0.25, -0.2) is 9.78 Å². The molecule has 132 valence electrons. The molecule has 2 heterocycles. The first-order valence-corrected chi connectivity index (χ1v) is 8.57. The van der Waals surface area contributed by atoms with Gasteiger partial charge >= 0.3 is 5.97 Å². The summed E-state index contributed by atoms with van der Waals surface area (Å²) in [6, 6.07) is 5.44. The summed E-state index contributed by atoms with van der Waals surface area (Å²) in [6.45, 7) is 5.60. The molecule has 0 saturated heterocycles. The van der Waals surface area contributed by atoms with E-state index in [1.165, 1.54) is 18.3 Å². The Morgan fingerprint density at radius 3 is 2.80 bits per heavy atom. The first-order valence-electron chi connectivity index (χ1n) is 7.75. The lowest BCUT2D eigenvalue weighted by Gasteiger charge is -2.13. The van der Waals surface area contributed by atoms with Gasteiger partial charge in [-0.15, -0.1) is 11.3 Å². The molecule has 0 fully saturated rings. The SMILES string of the molecule is Cc1nc(C)c(C(=O)O[C@H](C)C(=O)NCc2ccc3c(c2)OCO3)s1. The van der Waals surface area contributed by atoms with Crippen molar-refractivity contribution in [1.82, 2.24) is 10.3 Å². The highest BCUT2D eigenvalue weighted by Gasteiger charge is 2.22. The summed E-state index contributed by atoms with van der Waals surface area (Å²) in [5.41, 5.74) is 1.48. The van der Waals surface area contributed by atoms with Crippen molar-refractivity contribution in [3.05, 3.63) is 39.3 Å². The van der Waals surface area contributed by atoms with Crippen LogP contribution in [0.25, 0.3) is 0 Å². The van der Waals surface area contributed by atoms with Crippen LogP contribution in [0.5, 0.6) is 11.5 Å². The standard InChI is InChI=1S/C17H18N2O5S/c1-9-15(25-11(3)19-9)17(21)24-10(2)16(20)18-7-12-4-5-13-14(6-12)23-8-22-13/h4-6,10H,7-8H2,1-3H3,(H,18,20)/t10-/m1/s1. The third-order valence-electron chi connectivity index (χ3n) is 3.65. The van der Waals surface area contributed by atoms with E-state index < -0.39 is 12.1 Å². The number of ether oxygens (including phenoxy) is 3. The molecule has 8 heteroatoms. The van der Waals surface area contributed by atoms with E-state index in [0.717, 1.165) is 10.6 Å². The molecule has 1 aromatic carbocycles. The number of carbonyl (C=O) groups excluding carboxylic acids is 2. The summed E-state index contributed by atoms with van der Waals surface area (Å²) in [5.74, 6) is 0.439. The van der Waals surface area contributed by atoms with Crippen LogP contribution < -0.4 is 14.8 Å². The van der Waals surface area contributed by atoms with Gasteiger partial charge in [-0.1, -0.05) is 6.07 Å². The van der Waals surface area contributed by atoms with Crippen molar-refractivity contribution in [3.8, 4) is 11.5 Å². The lowest BCUT2D eigenvalue weighted by molar-refractivity contribution is -0.129. The van der Waals surface area contributed by atoms with Crippen LogP contribution in [0.1, 0.15) is 32.9 Å². The third kappa shape index (κ3) is 3.90. The maximum atomic E-state index is 12.2. The van der Waals surface area contributed by atoms with E-state index in [1.807, 2.05) is 19.1 Å². The van der Waals surface area contributed by atoms with E-state index in [4.69, 9.17) is 14.2 Å². The molecule has 0 saturated carbocycles. The van der Waals surface area contributed by atoms with Crippen LogP contribution in [-0.2, 0) is 16.1 Å². The fourth-order valence-corrected chi connectivity index (χ4v) is 3.17. The Hall–Kier alpha value is -2.61. The second-order valence-corrected chi connectivity index (χ2v) is 6.80. The maximum absolute atomic E-state index is 12.2. The van der Waals surface area contributed by atoms with Gasteiger partial charge in [-0.3, -0.25) is 4.79 Å². The minimum atomic E-state index is -0.900. The predicted octanol–water partition coefficient (Wildman–Crippen LogP) is 2.35. The number of amides is 1. The molecule has 3 rings (SSSR count). The van der Waals surface area contributed by atoms with Crippen molar-refractivity contribution < 1.29 is 23.8 Å². The number of nitrogens with zero attached hydrogens (tertiary/aromatic N) is 1.